The second-order valence-corrected chi connectivity index (χ2v) is 6.56. The Balaban J connectivity index is 1.55. The Morgan fingerprint density at radius 1 is 1.18 bits per heavy atom. The van der Waals surface area contributed by atoms with Crippen LogP contribution in [0.15, 0.2) is 67.4 Å². The zero-order chi connectivity index (χ0) is 19.5. The summed E-state index contributed by atoms with van der Waals surface area (Å²) in [7, 11) is 0. The van der Waals surface area contributed by atoms with E-state index >= 15 is 0 Å². The fourth-order valence-electron chi connectivity index (χ4n) is 2.96. The first-order valence-electron chi connectivity index (χ1n) is 8.89. The van der Waals surface area contributed by atoms with Gasteiger partial charge in [0.1, 0.15) is 5.52 Å². The molecule has 0 bridgehead atoms. The fourth-order valence-corrected chi connectivity index (χ4v) is 2.96. The number of aliphatic hydroxyl groups is 1. The molecule has 0 spiro atoms. The van der Waals surface area contributed by atoms with Crippen molar-refractivity contribution in [2.24, 2.45) is 0 Å². The van der Waals surface area contributed by atoms with Crippen molar-refractivity contribution in [3.63, 3.8) is 0 Å². The van der Waals surface area contributed by atoms with Gasteiger partial charge in [-0.15, -0.1) is 0 Å². The van der Waals surface area contributed by atoms with Crippen molar-refractivity contribution in [2.45, 2.75) is 19.6 Å². The number of imidazole rings is 1. The van der Waals surface area contributed by atoms with E-state index in [9.17, 15) is 9.90 Å². The van der Waals surface area contributed by atoms with Crippen molar-refractivity contribution in [1.82, 2.24) is 19.5 Å². The first-order chi connectivity index (χ1) is 13.6. The number of carbonyl (C=O) groups is 1. The fraction of sp³-hybridized carbons (Fsp3) is 0.143. The largest absolute Gasteiger partial charge is 0.389 e. The summed E-state index contributed by atoms with van der Waals surface area (Å²) in [5.41, 5.74) is 4.17. The molecule has 140 valence electrons. The van der Waals surface area contributed by atoms with Gasteiger partial charge in [-0.25, -0.2) is 9.97 Å². The Labute approximate surface area is 161 Å². The Morgan fingerprint density at radius 2 is 2.07 bits per heavy atom. The maximum absolute atomic E-state index is 12.6. The van der Waals surface area contributed by atoms with Gasteiger partial charge in [-0.3, -0.25) is 9.78 Å². The molecular weight excluding hydrogens is 354 g/mol. The van der Waals surface area contributed by atoms with Gasteiger partial charge in [-0.05, 0) is 42.3 Å². The van der Waals surface area contributed by atoms with Crippen LogP contribution in [-0.2, 0) is 6.54 Å². The van der Waals surface area contributed by atoms with Crippen molar-refractivity contribution in [2.75, 3.05) is 5.32 Å². The molecule has 1 amide bonds. The number of hydrogen-bond acceptors (Lipinski definition) is 5. The van der Waals surface area contributed by atoms with Crippen LogP contribution in [0.2, 0.25) is 0 Å². The van der Waals surface area contributed by atoms with Crippen LogP contribution in [0.5, 0.6) is 0 Å². The zero-order valence-corrected chi connectivity index (χ0v) is 15.3. The van der Waals surface area contributed by atoms with Gasteiger partial charge in [0.05, 0.1) is 24.5 Å². The second-order valence-electron chi connectivity index (χ2n) is 6.56. The Hall–Kier alpha value is -3.58. The highest BCUT2D eigenvalue weighted by Crippen LogP contribution is 2.19. The lowest BCUT2D eigenvalue weighted by Crippen LogP contribution is -2.12. The van der Waals surface area contributed by atoms with Gasteiger partial charge in [-0.2, -0.15) is 0 Å². The van der Waals surface area contributed by atoms with Crippen LogP contribution >= 0.6 is 0 Å². The van der Waals surface area contributed by atoms with Gasteiger partial charge in [0.15, 0.2) is 5.65 Å². The highest BCUT2D eigenvalue weighted by Gasteiger charge is 2.12. The molecule has 4 rings (SSSR count). The lowest BCUT2D eigenvalue weighted by atomic mass is 10.1. The molecule has 0 saturated heterocycles. The van der Waals surface area contributed by atoms with E-state index in [1.807, 2.05) is 22.8 Å². The van der Waals surface area contributed by atoms with Crippen molar-refractivity contribution in [3.8, 4) is 0 Å². The average molecular weight is 373 g/mol. The number of anilines is 1. The highest BCUT2D eigenvalue weighted by atomic mass is 16.3. The predicted molar refractivity (Wildman–Crippen MR) is 106 cm³/mol. The second kappa shape index (κ2) is 7.58. The molecule has 0 aliphatic rings. The monoisotopic (exact) mass is 373 g/mol. The van der Waals surface area contributed by atoms with E-state index in [4.69, 9.17) is 0 Å². The summed E-state index contributed by atoms with van der Waals surface area (Å²) >= 11 is 0. The van der Waals surface area contributed by atoms with Gasteiger partial charge in [-0.1, -0.05) is 18.2 Å². The average Bonchev–Trinajstić information content (AvgIpc) is 3.11. The third kappa shape index (κ3) is 3.74. The molecule has 1 unspecified atom stereocenters. The molecule has 3 aromatic heterocycles. The molecule has 0 aliphatic heterocycles. The Morgan fingerprint density at radius 3 is 2.86 bits per heavy atom. The lowest BCUT2D eigenvalue weighted by Gasteiger charge is -2.09. The summed E-state index contributed by atoms with van der Waals surface area (Å²) in [5, 5.41) is 12.5. The SMILES string of the molecule is CC(O)c1cccc(NC(=O)c2cnc3c(c2)ncn3Cc2cccnc2)c1. The summed E-state index contributed by atoms with van der Waals surface area (Å²) in [4.78, 5) is 25.5. The number of aliphatic hydroxyl groups excluding tert-OH is 1. The number of fused-ring (bicyclic) bond motifs is 1. The highest BCUT2D eigenvalue weighted by molar-refractivity contribution is 6.05. The molecule has 3 heterocycles. The zero-order valence-electron chi connectivity index (χ0n) is 15.3. The van der Waals surface area contributed by atoms with Gasteiger partial charge in [0, 0.05) is 24.3 Å². The van der Waals surface area contributed by atoms with Gasteiger partial charge in [0.2, 0.25) is 0 Å². The molecule has 4 aromatic rings. The normalized spacial score (nSPS) is 12.1. The van der Waals surface area contributed by atoms with Crippen LogP contribution in [0, 0.1) is 0 Å². The molecule has 7 heteroatoms. The molecule has 1 aromatic carbocycles. The molecule has 2 N–H and O–H groups in total. The van der Waals surface area contributed by atoms with Gasteiger partial charge < -0.3 is 15.0 Å². The van der Waals surface area contributed by atoms with E-state index in [-0.39, 0.29) is 5.91 Å². The van der Waals surface area contributed by atoms with Crippen LogP contribution in [-0.4, -0.2) is 30.5 Å². The summed E-state index contributed by atoms with van der Waals surface area (Å²) < 4.78 is 1.92. The number of nitrogens with zero attached hydrogens (tertiary/aromatic N) is 4. The minimum absolute atomic E-state index is 0.279. The lowest BCUT2D eigenvalue weighted by molar-refractivity contribution is 0.102. The quantitative estimate of drug-likeness (QED) is 0.560. The van der Waals surface area contributed by atoms with Crippen molar-refractivity contribution in [1.29, 1.82) is 0 Å². The van der Waals surface area contributed by atoms with Crippen LogP contribution in [0.25, 0.3) is 11.2 Å². The molecule has 0 fully saturated rings. The molecule has 0 saturated carbocycles. The van der Waals surface area contributed by atoms with Crippen LogP contribution in [0.3, 0.4) is 0 Å². The van der Waals surface area contributed by atoms with E-state index in [1.54, 1.807) is 49.9 Å². The summed E-state index contributed by atoms with van der Waals surface area (Å²) in [6.45, 7) is 2.29. The number of pyridine rings is 2. The Bertz CT molecular complexity index is 1120. The molecule has 7 nitrogen and oxygen atoms in total. The van der Waals surface area contributed by atoms with E-state index in [0.717, 1.165) is 11.1 Å². The summed E-state index contributed by atoms with van der Waals surface area (Å²) in [6, 6.07) is 12.7. The molecule has 1 atom stereocenters. The first-order valence-corrected chi connectivity index (χ1v) is 8.89. The van der Waals surface area contributed by atoms with E-state index in [2.05, 4.69) is 20.3 Å². The minimum atomic E-state index is -0.598. The summed E-state index contributed by atoms with van der Waals surface area (Å²) in [5.74, 6) is -0.279. The Kier molecular flexibility index (Phi) is 4.82. The van der Waals surface area contributed by atoms with Crippen LogP contribution in [0.4, 0.5) is 5.69 Å². The predicted octanol–water partition coefficient (Wildman–Crippen LogP) is 3.18. The van der Waals surface area contributed by atoms with Crippen molar-refractivity contribution >= 4 is 22.8 Å². The maximum atomic E-state index is 12.6. The minimum Gasteiger partial charge on any atom is -0.389 e. The molecule has 28 heavy (non-hydrogen) atoms. The number of carbonyl (C=O) groups excluding carboxylic acids is 1. The number of benzene rings is 1. The van der Waals surface area contributed by atoms with E-state index in [0.29, 0.717) is 29.0 Å². The van der Waals surface area contributed by atoms with Gasteiger partial charge in [0.25, 0.3) is 5.91 Å². The number of rotatable bonds is 5. The van der Waals surface area contributed by atoms with Crippen molar-refractivity contribution < 1.29 is 9.90 Å². The number of aromatic nitrogens is 4. The topological polar surface area (TPSA) is 92.9 Å². The smallest absolute Gasteiger partial charge is 0.257 e. The number of amides is 1. The maximum Gasteiger partial charge on any atom is 0.257 e. The third-order valence-corrected chi connectivity index (χ3v) is 4.42. The number of hydrogen-bond donors (Lipinski definition) is 2. The van der Waals surface area contributed by atoms with E-state index in [1.165, 1.54) is 6.20 Å². The van der Waals surface area contributed by atoms with E-state index < -0.39 is 6.10 Å². The van der Waals surface area contributed by atoms with Crippen molar-refractivity contribution in [3.05, 3.63) is 84.1 Å². The number of nitrogens with one attached hydrogen (secondary N) is 1. The summed E-state index contributed by atoms with van der Waals surface area (Å²) in [6.07, 6.45) is 6.18. The van der Waals surface area contributed by atoms with Gasteiger partial charge >= 0.3 is 0 Å². The standard InChI is InChI=1S/C21H19N5O2/c1-14(27)16-5-2-6-18(8-16)25-21(28)17-9-19-20(23-11-17)26(13-24-19)12-15-4-3-7-22-10-15/h2-11,13-14,27H,12H2,1H3,(H,25,28). The van der Waals surface area contributed by atoms with Crippen LogP contribution < -0.4 is 5.32 Å². The molecule has 0 aliphatic carbocycles. The van der Waals surface area contributed by atoms with Crippen LogP contribution in [0.1, 0.15) is 34.5 Å². The molecule has 0 radical (unpaired) electrons. The first kappa shape index (κ1) is 17.8. The third-order valence-electron chi connectivity index (χ3n) is 4.42. The molecular formula is C21H19N5O2.